The first-order chi connectivity index (χ1) is 6.76. The third-order valence-corrected chi connectivity index (χ3v) is 3.81. The summed E-state index contributed by atoms with van der Waals surface area (Å²) in [6.45, 7) is 4.04. The maximum Gasteiger partial charge on any atom is 0.224 e. The van der Waals surface area contributed by atoms with Crippen LogP contribution in [0.5, 0.6) is 0 Å². The molecule has 0 unspecified atom stereocenters. The Hall–Kier alpha value is -0.570. The van der Waals surface area contributed by atoms with Crippen molar-refractivity contribution in [3.63, 3.8) is 0 Å². The van der Waals surface area contributed by atoms with Crippen LogP contribution in [0, 0.1) is 5.92 Å². The van der Waals surface area contributed by atoms with Gasteiger partial charge in [0.25, 0.3) is 0 Å². The lowest BCUT2D eigenvalue weighted by Gasteiger charge is -2.42. The molecule has 14 heavy (non-hydrogen) atoms. The number of nitrogens with one attached hydrogen (secondary N) is 2. The van der Waals surface area contributed by atoms with Gasteiger partial charge < -0.3 is 10.6 Å². The zero-order valence-electron chi connectivity index (χ0n) is 8.94. The van der Waals surface area contributed by atoms with Crippen molar-refractivity contribution < 1.29 is 4.79 Å². The van der Waals surface area contributed by atoms with Gasteiger partial charge in [0.05, 0.1) is 5.92 Å². The summed E-state index contributed by atoms with van der Waals surface area (Å²) < 4.78 is 0. The van der Waals surface area contributed by atoms with Gasteiger partial charge in [-0.05, 0) is 38.6 Å². The van der Waals surface area contributed by atoms with Gasteiger partial charge in [-0.2, -0.15) is 0 Å². The molecule has 1 amide bonds. The number of carbonyl (C=O) groups is 1. The number of hydrogen-bond acceptors (Lipinski definition) is 2. The van der Waals surface area contributed by atoms with Crippen LogP contribution in [0.1, 0.15) is 39.0 Å². The van der Waals surface area contributed by atoms with Gasteiger partial charge in [-0.1, -0.05) is 6.92 Å². The number of amides is 1. The monoisotopic (exact) mass is 196 g/mol. The maximum absolute atomic E-state index is 11.9. The fourth-order valence-electron chi connectivity index (χ4n) is 2.41. The molecule has 2 fully saturated rings. The lowest BCUT2D eigenvalue weighted by atomic mass is 9.74. The molecule has 80 valence electrons. The second-order valence-electron chi connectivity index (χ2n) is 4.67. The molecular weight excluding hydrogens is 176 g/mol. The molecule has 0 aromatic rings. The molecule has 0 radical (unpaired) electrons. The van der Waals surface area contributed by atoms with E-state index >= 15 is 0 Å². The third kappa shape index (κ3) is 1.78. The fraction of sp³-hybridized carbons (Fsp3) is 0.909. The summed E-state index contributed by atoms with van der Waals surface area (Å²) in [6.07, 6.45) is 5.71. The molecule has 0 aromatic carbocycles. The van der Waals surface area contributed by atoms with Crippen molar-refractivity contribution in [2.24, 2.45) is 5.92 Å². The smallest absolute Gasteiger partial charge is 0.224 e. The van der Waals surface area contributed by atoms with Crippen LogP contribution in [0.3, 0.4) is 0 Å². The van der Waals surface area contributed by atoms with Gasteiger partial charge in [0, 0.05) is 12.1 Å². The van der Waals surface area contributed by atoms with E-state index in [1.807, 2.05) is 0 Å². The normalized spacial score (nSPS) is 29.6. The van der Waals surface area contributed by atoms with Gasteiger partial charge in [0.15, 0.2) is 0 Å². The van der Waals surface area contributed by atoms with E-state index in [2.05, 4.69) is 17.6 Å². The Morgan fingerprint density at radius 3 is 2.79 bits per heavy atom. The number of hydrogen-bond donors (Lipinski definition) is 2. The van der Waals surface area contributed by atoms with Crippen LogP contribution >= 0.6 is 0 Å². The molecule has 3 nitrogen and oxygen atoms in total. The second-order valence-corrected chi connectivity index (χ2v) is 4.67. The molecule has 2 N–H and O–H groups in total. The van der Waals surface area contributed by atoms with Gasteiger partial charge in [-0.3, -0.25) is 4.79 Å². The van der Waals surface area contributed by atoms with Crippen molar-refractivity contribution in [1.82, 2.24) is 10.6 Å². The first-order valence-electron chi connectivity index (χ1n) is 5.78. The molecule has 0 spiro atoms. The van der Waals surface area contributed by atoms with E-state index in [1.165, 1.54) is 19.3 Å². The van der Waals surface area contributed by atoms with Crippen LogP contribution in [0.15, 0.2) is 0 Å². The SMILES string of the molecule is CCC1(NC(=O)[C@H]2CCNC2)CCC1. The fourth-order valence-corrected chi connectivity index (χ4v) is 2.41. The molecule has 1 saturated carbocycles. The zero-order valence-corrected chi connectivity index (χ0v) is 8.94. The molecule has 1 heterocycles. The second kappa shape index (κ2) is 3.89. The van der Waals surface area contributed by atoms with E-state index in [0.717, 1.165) is 25.9 Å². The van der Waals surface area contributed by atoms with Gasteiger partial charge in [-0.25, -0.2) is 0 Å². The summed E-state index contributed by atoms with van der Waals surface area (Å²) in [4.78, 5) is 11.9. The highest BCUT2D eigenvalue weighted by atomic mass is 16.2. The third-order valence-electron chi connectivity index (χ3n) is 3.81. The molecule has 1 atom stereocenters. The Bertz CT molecular complexity index is 212. The molecule has 0 aromatic heterocycles. The maximum atomic E-state index is 11.9. The molecule has 1 aliphatic heterocycles. The standard InChI is InChI=1S/C11H20N2O/c1-2-11(5-3-6-11)13-10(14)9-4-7-12-8-9/h9,12H,2-8H2,1H3,(H,13,14)/t9-/m0/s1. The lowest BCUT2D eigenvalue weighted by Crippen LogP contribution is -2.54. The van der Waals surface area contributed by atoms with Gasteiger partial charge in [-0.15, -0.1) is 0 Å². The van der Waals surface area contributed by atoms with E-state index in [1.54, 1.807) is 0 Å². The first-order valence-corrected chi connectivity index (χ1v) is 5.78. The van der Waals surface area contributed by atoms with Crippen LogP contribution < -0.4 is 10.6 Å². The van der Waals surface area contributed by atoms with Crippen molar-refractivity contribution in [3.8, 4) is 0 Å². The quantitative estimate of drug-likeness (QED) is 0.708. The summed E-state index contributed by atoms with van der Waals surface area (Å²) in [5.74, 6) is 0.496. The molecule has 1 saturated heterocycles. The van der Waals surface area contributed by atoms with Crippen LogP contribution in [-0.4, -0.2) is 24.5 Å². The molecule has 3 heteroatoms. The molecule has 1 aliphatic carbocycles. The summed E-state index contributed by atoms with van der Waals surface area (Å²) in [5.41, 5.74) is 0.166. The summed E-state index contributed by atoms with van der Waals surface area (Å²) in [5, 5.41) is 6.47. The summed E-state index contributed by atoms with van der Waals surface area (Å²) in [6, 6.07) is 0. The van der Waals surface area contributed by atoms with E-state index < -0.39 is 0 Å². The minimum atomic E-state index is 0.166. The minimum absolute atomic E-state index is 0.166. The van der Waals surface area contributed by atoms with Gasteiger partial charge >= 0.3 is 0 Å². The lowest BCUT2D eigenvalue weighted by molar-refractivity contribution is -0.127. The number of rotatable bonds is 3. The van der Waals surface area contributed by atoms with Crippen LogP contribution in [0.2, 0.25) is 0 Å². The Labute approximate surface area is 85.6 Å². The highest BCUT2D eigenvalue weighted by molar-refractivity contribution is 5.80. The van der Waals surface area contributed by atoms with E-state index in [0.29, 0.717) is 0 Å². The first kappa shape index (κ1) is 9.97. The molecule has 2 aliphatic rings. The predicted molar refractivity (Wildman–Crippen MR) is 56.0 cm³/mol. The van der Waals surface area contributed by atoms with Crippen molar-refractivity contribution in [1.29, 1.82) is 0 Å². The van der Waals surface area contributed by atoms with Crippen molar-refractivity contribution >= 4 is 5.91 Å². The van der Waals surface area contributed by atoms with Gasteiger partial charge in [0.2, 0.25) is 5.91 Å². The zero-order chi connectivity index (χ0) is 10.0. The Morgan fingerprint density at radius 1 is 1.57 bits per heavy atom. The van der Waals surface area contributed by atoms with Crippen molar-refractivity contribution in [2.75, 3.05) is 13.1 Å². The Kier molecular flexibility index (Phi) is 2.77. The molecule has 0 bridgehead atoms. The Balaban J connectivity index is 1.86. The summed E-state index contributed by atoms with van der Waals surface area (Å²) >= 11 is 0. The van der Waals surface area contributed by atoms with E-state index in [9.17, 15) is 4.79 Å². The van der Waals surface area contributed by atoms with E-state index in [4.69, 9.17) is 0 Å². The highest BCUT2D eigenvalue weighted by Gasteiger charge is 2.38. The average Bonchev–Trinajstić information content (AvgIpc) is 2.63. The van der Waals surface area contributed by atoms with Gasteiger partial charge in [0.1, 0.15) is 0 Å². The van der Waals surface area contributed by atoms with E-state index in [-0.39, 0.29) is 17.4 Å². The van der Waals surface area contributed by atoms with Crippen LogP contribution in [-0.2, 0) is 4.79 Å². The summed E-state index contributed by atoms with van der Waals surface area (Å²) in [7, 11) is 0. The number of carbonyl (C=O) groups excluding carboxylic acids is 1. The predicted octanol–water partition coefficient (Wildman–Crippen LogP) is 1.04. The average molecular weight is 196 g/mol. The molecular formula is C11H20N2O. The van der Waals surface area contributed by atoms with Crippen molar-refractivity contribution in [2.45, 2.75) is 44.6 Å². The van der Waals surface area contributed by atoms with Crippen LogP contribution in [0.4, 0.5) is 0 Å². The van der Waals surface area contributed by atoms with Crippen LogP contribution in [0.25, 0.3) is 0 Å². The van der Waals surface area contributed by atoms with Crippen molar-refractivity contribution in [3.05, 3.63) is 0 Å². The topological polar surface area (TPSA) is 41.1 Å². The Morgan fingerprint density at radius 2 is 2.36 bits per heavy atom. The minimum Gasteiger partial charge on any atom is -0.350 e. The highest BCUT2D eigenvalue weighted by Crippen LogP contribution is 2.34. The molecule has 2 rings (SSSR count). The largest absolute Gasteiger partial charge is 0.350 e.